The number of methoxy groups -OCH3 is 1. The van der Waals surface area contributed by atoms with E-state index in [1.807, 2.05) is 0 Å². The zero-order valence-corrected chi connectivity index (χ0v) is 17.5. The van der Waals surface area contributed by atoms with Crippen molar-refractivity contribution in [3.63, 3.8) is 0 Å². The fourth-order valence-electron chi connectivity index (χ4n) is 2.96. The van der Waals surface area contributed by atoms with Gasteiger partial charge in [0.1, 0.15) is 27.9 Å². The quantitative estimate of drug-likeness (QED) is 0.488. The standard InChI is InChI=1S/C20H15F2N5O4S/c1-11-9-23-18-6-3-12(10-27(18)20(11)28)15-8-16(19(31-2)25-24-15)26-32(29,30)17-5-4-13(21)7-14(17)22/h3-10H,1-2H3,(H,24,26). The normalized spacial score (nSPS) is 11.5. The third kappa shape index (κ3) is 3.87. The lowest BCUT2D eigenvalue weighted by atomic mass is 10.2. The van der Waals surface area contributed by atoms with Crippen LogP contribution in [0, 0.1) is 18.6 Å². The molecule has 0 saturated heterocycles. The molecule has 0 amide bonds. The van der Waals surface area contributed by atoms with Crippen LogP contribution in [0.3, 0.4) is 0 Å². The van der Waals surface area contributed by atoms with E-state index in [0.717, 1.165) is 12.1 Å². The third-order valence-corrected chi connectivity index (χ3v) is 5.95. The number of nitrogens with one attached hydrogen (secondary N) is 1. The van der Waals surface area contributed by atoms with Crippen LogP contribution in [0.4, 0.5) is 14.5 Å². The van der Waals surface area contributed by atoms with Crippen molar-refractivity contribution in [3.8, 4) is 17.1 Å². The van der Waals surface area contributed by atoms with E-state index in [-0.39, 0.29) is 22.8 Å². The Morgan fingerprint density at radius 3 is 2.59 bits per heavy atom. The molecule has 0 spiro atoms. The molecule has 1 N–H and O–H groups in total. The summed E-state index contributed by atoms with van der Waals surface area (Å²) < 4.78 is 61.1. The molecule has 4 rings (SSSR count). The van der Waals surface area contributed by atoms with E-state index in [9.17, 15) is 22.0 Å². The van der Waals surface area contributed by atoms with Gasteiger partial charge in [-0.1, -0.05) is 0 Å². The van der Waals surface area contributed by atoms with Gasteiger partial charge in [0.2, 0.25) is 0 Å². The van der Waals surface area contributed by atoms with E-state index in [2.05, 4.69) is 19.9 Å². The number of halogens is 2. The lowest BCUT2D eigenvalue weighted by Crippen LogP contribution is -2.17. The van der Waals surface area contributed by atoms with Gasteiger partial charge in [0.15, 0.2) is 0 Å². The Bertz CT molecular complexity index is 1520. The first kappa shape index (κ1) is 21.3. The van der Waals surface area contributed by atoms with Gasteiger partial charge < -0.3 is 4.74 Å². The minimum absolute atomic E-state index is 0.129. The Morgan fingerprint density at radius 2 is 1.88 bits per heavy atom. The van der Waals surface area contributed by atoms with E-state index in [4.69, 9.17) is 4.74 Å². The molecule has 0 aliphatic carbocycles. The highest BCUT2D eigenvalue weighted by molar-refractivity contribution is 7.92. The second-order valence-electron chi connectivity index (χ2n) is 6.73. The summed E-state index contributed by atoms with van der Waals surface area (Å²) in [5.41, 5.74) is 1.10. The molecular formula is C20H15F2N5O4S. The molecule has 12 heteroatoms. The first-order chi connectivity index (χ1) is 15.2. The van der Waals surface area contributed by atoms with Crippen LogP contribution in [0.15, 0.2) is 58.5 Å². The summed E-state index contributed by atoms with van der Waals surface area (Å²) in [6.45, 7) is 1.63. The van der Waals surface area contributed by atoms with Crippen LogP contribution in [0.2, 0.25) is 0 Å². The van der Waals surface area contributed by atoms with Crippen molar-refractivity contribution >= 4 is 21.4 Å². The molecule has 0 bridgehead atoms. The molecule has 1 aromatic carbocycles. The number of aryl methyl sites for hydroxylation is 1. The van der Waals surface area contributed by atoms with Gasteiger partial charge in [-0.25, -0.2) is 22.2 Å². The van der Waals surface area contributed by atoms with Crippen LogP contribution in [-0.2, 0) is 10.0 Å². The predicted molar refractivity (Wildman–Crippen MR) is 111 cm³/mol. The number of fused-ring (bicyclic) bond motifs is 1. The summed E-state index contributed by atoms with van der Waals surface area (Å²) >= 11 is 0. The maximum atomic E-state index is 14.0. The fourth-order valence-corrected chi connectivity index (χ4v) is 4.07. The molecule has 9 nitrogen and oxygen atoms in total. The van der Waals surface area contributed by atoms with Crippen molar-refractivity contribution in [3.05, 3.63) is 76.3 Å². The number of pyridine rings is 1. The van der Waals surface area contributed by atoms with Gasteiger partial charge in [0, 0.05) is 29.6 Å². The van der Waals surface area contributed by atoms with Gasteiger partial charge in [-0.3, -0.25) is 13.9 Å². The van der Waals surface area contributed by atoms with Crippen LogP contribution in [0.5, 0.6) is 5.88 Å². The predicted octanol–water partition coefficient (Wildman–Crippen LogP) is 2.55. The highest BCUT2D eigenvalue weighted by Crippen LogP contribution is 2.29. The second-order valence-corrected chi connectivity index (χ2v) is 8.38. The smallest absolute Gasteiger partial charge is 0.264 e. The Morgan fingerprint density at radius 1 is 1.09 bits per heavy atom. The average molecular weight is 459 g/mol. The number of hydrogen-bond donors (Lipinski definition) is 1. The number of nitrogens with zero attached hydrogens (tertiary/aromatic N) is 4. The Kier molecular flexibility index (Phi) is 5.30. The number of benzene rings is 1. The van der Waals surface area contributed by atoms with Gasteiger partial charge in [-0.15, -0.1) is 10.2 Å². The maximum Gasteiger partial charge on any atom is 0.264 e. The fraction of sp³-hybridized carbons (Fsp3) is 0.100. The Labute approximate surface area is 180 Å². The van der Waals surface area contributed by atoms with Gasteiger partial charge in [-0.2, -0.15) is 0 Å². The summed E-state index contributed by atoms with van der Waals surface area (Å²) in [5.74, 6) is -2.34. The van der Waals surface area contributed by atoms with E-state index in [1.165, 1.54) is 30.0 Å². The zero-order chi connectivity index (χ0) is 23.0. The summed E-state index contributed by atoms with van der Waals surface area (Å²) in [6.07, 6.45) is 2.96. The van der Waals surface area contributed by atoms with Crippen molar-refractivity contribution in [1.29, 1.82) is 0 Å². The van der Waals surface area contributed by atoms with Gasteiger partial charge >= 0.3 is 0 Å². The SMILES string of the molecule is COc1nnc(-c2ccc3ncc(C)c(=O)n3c2)cc1NS(=O)(=O)c1ccc(F)cc1F. The van der Waals surface area contributed by atoms with Crippen molar-refractivity contribution in [2.24, 2.45) is 0 Å². The molecule has 3 aromatic heterocycles. The number of sulfonamides is 1. The number of aromatic nitrogens is 4. The van der Waals surface area contributed by atoms with E-state index in [1.54, 1.807) is 19.1 Å². The number of ether oxygens (including phenoxy) is 1. The highest BCUT2D eigenvalue weighted by Gasteiger charge is 2.22. The second kappa shape index (κ2) is 7.96. The van der Waals surface area contributed by atoms with Gasteiger partial charge in [-0.05, 0) is 37.3 Å². The molecule has 32 heavy (non-hydrogen) atoms. The topological polar surface area (TPSA) is 116 Å². The van der Waals surface area contributed by atoms with Crippen LogP contribution >= 0.6 is 0 Å². The molecule has 0 aliphatic heterocycles. The van der Waals surface area contributed by atoms with Gasteiger partial charge in [0.05, 0.1) is 12.8 Å². The molecule has 0 saturated carbocycles. The van der Waals surface area contributed by atoms with Crippen molar-refractivity contribution in [2.75, 3.05) is 11.8 Å². The zero-order valence-electron chi connectivity index (χ0n) is 16.7. The largest absolute Gasteiger partial charge is 0.478 e. The monoisotopic (exact) mass is 459 g/mol. The molecule has 0 aliphatic rings. The molecular weight excluding hydrogens is 444 g/mol. The average Bonchev–Trinajstić information content (AvgIpc) is 2.75. The number of hydrogen-bond acceptors (Lipinski definition) is 7. The minimum atomic E-state index is -4.44. The van der Waals surface area contributed by atoms with E-state index < -0.39 is 26.6 Å². The first-order valence-electron chi connectivity index (χ1n) is 9.07. The van der Waals surface area contributed by atoms with Crippen LogP contribution in [-0.4, -0.2) is 35.1 Å². The Balaban J connectivity index is 1.79. The lowest BCUT2D eigenvalue weighted by Gasteiger charge is -2.12. The maximum absolute atomic E-state index is 14.0. The van der Waals surface area contributed by atoms with E-state index in [0.29, 0.717) is 22.8 Å². The van der Waals surface area contributed by atoms with Crippen LogP contribution in [0.1, 0.15) is 5.56 Å². The molecule has 164 valence electrons. The summed E-state index contributed by atoms with van der Waals surface area (Å²) in [5, 5.41) is 7.85. The lowest BCUT2D eigenvalue weighted by molar-refractivity contribution is 0.394. The molecule has 4 aromatic rings. The Hall–Kier alpha value is -3.93. The molecule has 0 fully saturated rings. The van der Waals surface area contributed by atoms with Crippen molar-refractivity contribution in [2.45, 2.75) is 11.8 Å². The third-order valence-electron chi connectivity index (χ3n) is 4.55. The van der Waals surface area contributed by atoms with Crippen molar-refractivity contribution < 1.29 is 21.9 Å². The molecule has 0 radical (unpaired) electrons. The van der Waals surface area contributed by atoms with Gasteiger partial charge in [0.25, 0.3) is 21.5 Å². The number of anilines is 1. The summed E-state index contributed by atoms with van der Waals surface area (Å²) in [4.78, 5) is 15.8. The van der Waals surface area contributed by atoms with Crippen LogP contribution in [0.25, 0.3) is 16.9 Å². The minimum Gasteiger partial charge on any atom is -0.478 e. The summed E-state index contributed by atoms with van der Waals surface area (Å²) in [7, 11) is -3.19. The van der Waals surface area contributed by atoms with E-state index >= 15 is 0 Å². The molecule has 3 heterocycles. The molecule has 0 unspecified atom stereocenters. The number of rotatable bonds is 5. The first-order valence-corrected chi connectivity index (χ1v) is 10.6. The molecule has 0 atom stereocenters. The highest BCUT2D eigenvalue weighted by atomic mass is 32.2. The van der Waals surface area contributed by atoms with Crippen LogP contribution < -0.4 is 15.0 Å². The van der Waals surface area contributed by atoms with Crippen molar-refractivity contribution in [1.82, 2.24) is 19.6 Å². The summed E-state index contributed by atoms with van der Waals surface area (Å²) in [6, 6.07) is 6.64.